The zero-order valence-corrected chi connectivity index (χ0v) is 8.48. The predicted molar refractivity (Wildman–Crippen MR) is 60.4 cm³/mol. The third-order valence-corrected chi connectivity index (χ3v) is 2.34. The largest absolute Gasteiger partial charge is 0.366 e. The molecule has 2 aromatic carbocycles. The molecule has 0 saturated heterocycles. The van der Waals surface area contributed by atoms with Crippen LogP contribution in [0.15, 0.2) is 48.5 Å². The second-order valence-corrected chi connectivity index (χ2v) is 3.42. The molecule has 1 amide bonds. The summed E-state index contributed by atoms with van der Waals surface area (Å²) in [6, 6.07) is 13.8. The summed E-state index contributed by atoms with van der Waals surface area (Å²) < 4.78 is 13.5. The number of carbonyl (C=O) groups is 1. The Morgan fingerprint density at radius 2 is 1.69 bits per heavy atom. The van der Waals surface area contributed by atoms with Gasteiger partial charge in [0, 0.05) is 0 Å². The van der Waals surface area contributed by atoms with Crippen LogP contribution in [0.5, 0.6) is 0 Å². The molecule has 0 saturated carbocycles. The molecular weight excluding hydrogens is 205 g/mol. The average molecular weight is 215 g/mol. The van der Waals surface area contributed by atoms with Crippen LogP contribution in [0.25, 0.3) is 11.1 Å². The molecule has 0 aromatic heterocycles. The average Bonchev–Trinajstić information content (AvgIpc) is 2.29. The third kappa shape index (κ3) is 1.93. The van der Waals surface area contributed by atoms with E-state index in [9.17, 15) is 9.18 Å². The Hall–Kier alpha value is -2.16. The van der Waals surface area contributed by atoms with Crippen LogP contribution < -0.4 is 5.73 Å². The normalized spacial score (nSPS) is 10.1. The van der Waals surface area contributed by atoms with E-state index in [1.807, 2.05) is 30.3 Å². The number of rotatable bonds is 2. The zero-order chi connectivity index (χ0) is 11.5. The van der Waals surface area contributed by atoms with Gasteiger partial charge in [-0.15, -0.1) is 0 Å². The monoisotopic (exact) mass is 215 g/mol. The maximum absolute atomic E-state index is 13.5. The van der Waals surface area contributed by atoms with Crippen LogP contribution in [0.1, 0.15) is 10.4 Å². The van der Waals surface area contributed by atoms with Crippen LogP contribution in [0.4, 0.5) is 4.39 Å². The second kappa shape index (κ2) is 4.14. The van der Waals surface area contributed by atoms with E-state index >= 15 is 0 Å². The summed E-state index contributed by atoms with van der Waals surface area (Å²) in [6.45, 7) is 0. The maximum Gasteiger partial charge on any atom is 0.251 e. The Labute approximate surface area is 92.5 Å². The van der Waals surface area contributed by atoms with Gasteiger partial charge in [0.15, 0.2) is 0 Å². The molecule has 0 aliphatic carbocycles. The summed E-state index contributed by atoms with van der Waals surface area (Å²) in [4.78, 5) is 10.9. The predicted octanol–water partition coefficient (Wildman–Crippen LogP) is 2.59. The smallest absolute Gasteiger partial charge is 0.251 e. The summed E-state index contributed by atoms with van der Waals surface area (Å²) >= 11 is 0. The number of nitrogens with two attached hydrogens (primary N) is 1. The van der Waals surface area contributed by atoms with Crippen molar-refractivity contribution in [3.8, 4) is 11.1 Å². The lowest BCUT2D eigenvalue weighted by Crippen LogP contribution is -2.12. The van der Waals surface area contributed by atoms with Crippen LogP contribution in [0, 0.1) is 5.82 Å². The van der Waals surface area contributed by atoms with Crippen molar-refractivity contribution in [1.29, 1.82) is 0 Å². The minimum atomic E-state index is -0.753. The van der Waals surface area contributed by atoms with Crippen LogP contribution in [-0.4, -0.2) is 5.91 Å². The molecule has 2 aromatic rings. The molecule has 80 valence electrons. The van der Waals surface area contributed by atoms with Gasteiger partial charge in [-0.2, -0.15) is 0 Å². The molecule has 0 heterocycles. The first-order valence-electron chi connectivity index (χ1n) is 4.83. The lowest BCUT2D eigenvalue weighted by molar-refractivity contribution is 0.0996. The second-order valence-electron chi connectivity index (χ2n) is 3.42. The first-order valence-corrected chi connectivity index (χ1v) is 4.83. The van der Waals surface area contributed by atoms with Crippen molar-refractivity contribution in [3.05, 3.63) is 59.9 Å². The van der Waals surface area contributed by atoms with Crippen LogP contribution in [0.2, 0.25) is 0 Å². The first-order chi connectivity index (χ1) is 7.68. The van der Waals surface area contributed by atoms with Crippen molar-refractivity contribution >= 4 is 5.91 Å². The molecule has 0 spiro atoms. The van der Waals surface area contributed by atoms with E-state index in [0.717, 1.165) is 11.1 Å². The number of primary amides is 1. The Balaban J connectivity index is 2.46. The van der Waals surface area contributed by atoms with Gasteiger partial charge in [-0.1, -0.05) is 36.4 Å². The van der Waals surface area contributed by atoms with Gasteiger partial charge >= 0.3 is 0 Å². The maximum atomic E-state index is 13.5. The molecule has 3 heteroatoms. The Morgan fingerprint density at radius 3 is 2.25 bits per heavy atom. The summed E-state index contributed by atoms with van der Waals surface area (Å²) in [5.41, 5.74) is 6.57. The molecule has 0 aliphatic heterocycles. The Morgan fingerprint density at radius 1 is 1.00 bits per heavy atom. The van der Waals surface area contributed by atoms with Gasteiger partial charge in [-0.3, -0.25) is 4.79 Å². The SMILES string of the molecule is NC(=O)c1ccc(-c2ccccc2)cc1F. The minimum Gasteiger partial charge on any atom is -0.366 e. The molecule has 0 aliphatic rings. The standard InChI is InChI=1S/C13H10FNO/c14-12-8-10(6-7-11(12)13(15)16)9-4-2-1-3-5-9/h1-8H,(H2,15,16). The van der Waals surface area contributed by atoms with Crippen LogP contribution >= 0.6 is 0 Å². The van der Waals surface area contributed by atoms with Gasteiger partial charge in [0.25, 0.3) is 5.91 Å². The highest BCUT2D eigenvalue weighted by Gasteiger charge is 2.08. The highest BCUT2D eigenvalue weighted by Crippen LogP contribution is 2.21. The number of hydrogen-bond acceptors (Lipinski definition) is 1. The fraction of sp³-hybridized carbons (Fsp3) is 0. The Bertz CT molecular complexity index is 523. The zero-order valence-electron chi connectivity index (χ0n) is 8.48. The van der Waals surface area contributed by atoms with Gasteiger partial charge in [-0.05, 0) is 23.3 Å². The van der Waals surface area contributed by atoms with Gasteiger partial charge < -0.3 is 5.73 Å². The fourth-order valence-electron chi connectivity index (χ4n) is 1.53. The van der Waals surface area contributed by atoms with Crippen molar-refractivity contribution in [1.82, 2.24) is 0 Å². The number of halogens is 1. The minimum absolute atomic E-state index is 0.0836. The fourth-order valence-corrected chi connectivity index (χ4v) is 1.53. The van der Waals surface area contributed by atoms with E-state index in [4.69, 9.17) is 5.73 Å². The number of carbonyl (C=O) groups excluding carboxylic acids is 1. The third-order valence-electron chi connectivity index (χ3n) is 2.34. The van der Waals surface area contributed by atoms with E-state index in [0.29, 0.717) is 0 Å². The molecule has 2 N–H and O–H groups in total. The molecule has 0 bridgehead atoms. The van der Waals surface area contributed by atoms with E-state index in [-0.39, 0.29) is 5.56 Å². The molecule has 2 rings (SSSR count). The van der Waals surface area contributed by atoms with E-state index < -0.39 is 11.7 Å². The molecule has 16 heavy (non-hydrogen) atoms. The summed E-state index contributed by atoms with van der Waals surface area (Å²) in [6.07, 6.45) is 0. The molecule has 0 radical (unpaired) electrons. The number of benzene rings is 2. The summed E-state index contributed by atoms with van der Waals surface area (Å²) in [5, 5.41) is 0. The lowest BCUT2D eigenvalue weighted by Gasteiger charge is -2.03. The topological polar surface area (TPSA) is 43.1 Å². The van der Waals surface area contributed by atoms with Crippen molar-refractivity contribution in [3.63, 3.8) is 0 Å². The van der Waals surface area contributed by atoms with Crippen molar-refractivity contribution in [2.75, 3.05) is 0 Å². The van der Waals surface area contributed by atoms with E-state index in [2.05, 4.69) is 0 Å². The summed E-state index contributed by atoms with van der Waals surface area (Å²) in [7, 11) is 0. The molecule has 0 unspecified atom stereocenters. The molecule has 0 fully saturated rings. The highest BCUT2D eigenvalue weighted by atomic mass is 19.1. The summed E-state index contributed by atoms with van der Waals surface area (Å²) in [5.74, 6) is -1.34. The number of hydrogen-bond donors (Lipinski definition) is 1. The number of amides is 1. The van der Waals surface area contributed by atoms with E-state index in [1.165, 1.54) is 12.1 Å². The van der Waals surface area contributed by atoms with Crippen molar-refractivity contribution < 1.29 is 9.18 Å². The quantitative estimate of drug-likeness (QED) is 0.822. The Kier molecular flexibility index (Phi) is 2.68. The lowest BCUT2D eigenvalue weighted by atomic mass is 10.0. The van der Waals surface area contributed by atoms with Crippen molar-refractivity contribution in [2.24, 2.45) is 5.73 Å². The van der Waals surface area contributed by atoms with Gasteiger partial charge in [-0.25, -0.2) is 4.39 Å². The van der Waals surface area contributed by atoms with Crippen LogP contribution in [0.3, 0.4) is 0 Å². The van der Waals surface area contributed by atoms with Gasteiger partial charge in [0.05, 0.1) is 5.56 Å². The highest BCUT2D eigenvalue weighted by molar-refractivity contribution is 5.93. The first kappa shape index (κ1) is 10.4. The van der Waals surface area contributed by atoms with Crippen LogP contribution in [-0.2, 0) is 0 Å². The molecular formula is C13H10FNO. The molecule has 2 nitrogen and oxygen atoms in total. The molecule has 0 atom stereocenters. The van der Waals surface area contributed by atoms with E-state index in [1.54, 1.807) is 6.07 Å². The van der Waals surface area contributed by atoms with Gasteiger partial charge in [0.1, 0.15) is 5.82 Å². The van der Waals surface area contributed by atoms with Crippen molar-refractivity contribution in [2.45, 2.75) is 0 Å². The van der Waals surface area contributed by atoms with Gasteiger partial charge in [0.2, 0.25) is 0 Å².